The molecule has 2 aromatic carbocycles. The molecule has 3 rings (SSSR count). The first-order valence-electron chi connectivity index (χ1n) is 9.57. The van der Waals surface area contributed by atoms with E-state index in [0.29, 0.717) is 11.8 Å². The lowest BCUT2D eigenvalue weighted by molar-refractivity contribution is 0.0784. The Morgan fingerprint density at radius 3 is 2.18 bits per heavy atom. The van der Waals surface area contributed by atoms with E-state index in [1.165, 1.54) is 11.1 Å². The minimum absolute atomic E-state index is 0.0933. The molecule has 5 heteroatoms. The Morgan fingerprint density at radius 1 is 0.929 bits per heavy atom. The summed E-state index contributed by atoms with van der Waals surface area (Å²) in [5, 5.41) is 9.96. The van der Waals surface area contributed by atoms with Gasteiger partial charge in [0.25, 0.3) is 0 Å². The van der Waals surface area contributed by atoms with Crippen molar-refractivity contribution < 1.29 is 9.84 Å². The summed E-state index contributed by atoms with van der Waals surface area (Å²) < 4.78 is 5.71. The first-order chi connectivity index (χ1) is 13.7. The Hall–Kier alpha value is -2.76. The van der Waals surface area contributed by atoms with Crippen LogP contribution in [0.15, 0.2) is 73.2 Å². The van der Waals surface area contributed by atoms with Crippen LogP contribution in [0.5, 0.6) is 11.6 Å². The molecule has 0 aliphatic heterocycles. The van der Waals surface area contributed by atoms with Crippen LogP contribution in [0.3, 0.4) is 0 Å². The number of nitrogens with zero attached hydrogens (tertiary/aromatic N) is 3. The third kappa shape index (κ3) is 5.62. The minimum atomic E-state index is 0.0933. The second-order valence-corrected chi connectivity index (χ2v) is 7.17. The van der Waals surface area contributed by atoms with Crippen molar-refractivity contribution in [2.75, 3.05) is 6.61 Å². The van der Waals surface area contributed by atoms with Crippen molar-refractivity contribution in [1.29, 1.82) is 0 Å². The number of hydrogen-bond acceptors (Lipinski definition) is 5. The van der Waals surface area contributed by atoms with Crippen LogP contribution < -0.4 is 4.74 Å². The van der Waals surface area contributed by atoms with Crippen LogP contribution in [-0.2, 0) is 13.1 Å². The molecule has 0 aliphatic carbocycles. The molecule has 1 N–H and O–H groups in total. The van der Waals surface area contributed by atoms with E-state index in [4.69, 9.17) is 4.74 Å². The van der Waals surface area contributed by atoms with Crippen LogP contribution >= 0.6 is 0 Å². The van der Waals surface area contributed by atoms with Crippen LogP contribution in [0.2, 0.25) is 0 Å². The molecule has 0 saturated carbocycles. The summed E-state index contributed by atoms with van der Waals surface area (Å²) in [5.74, 6) is 1.55. The van der Waals surface area contributed by atoms with Crippen molar-refractivity contribution >= 4 is 0 Å². The SMILES string of the molecule is CC(C)C(CO)N(Cc1ccccc1)Cc1ccc(Oc2cnccn2)cc1. The minimum Gasteiger partial charge on any atom is -0.438 e. The molecule has 0 saturated heterocycles. The van der Waals surface area contributed by atoms with Gasteiger partial charge in [0.2, 0.25) is 5.88 Å². The lowest BCUT2D eigenvalue weighted by Gasteiger charge is -2.33. The molecular weight excluding hydrogens is 350 g/mol. The Morgan fingerprint density at radius 2 is 1.61 bits per heavy atom. The van der Waals surface area contributed by atoms with Crippen LogP contribution in [0.25, 0.3) is 0 Å². The molecule has 0 fully saturated rings. The Balaban J connectivity index is 1.72. The monoisotopic (exact) mass is 377 g/mol. The maximum absolute atomic E-state index is 9.96. The van der Waals surface area contributed by atoms with E-state index in [0.717, 1.165) is 18.8 Å². The van der Waals surface area contributed by atoms with Gasteiger partial charge in [0.15, 0.2) is 0 Å². The quantitative estimate of drug-likeness (QED) is 0.603. The molecule has 0 spiro atoms. The predicted octanol–water partition coefficient (Wildman–Crippen LogP) is 4.29. The van der Waals surface area contributed by atoms with Gasteiger partial charge in [-0.15, -0.1) is 0 Å². The van der Waals surface area contributed by atoms with E-state index in [9.17, 15) is 5.11 Å². The highest BCUT2D eigenvalue weighted by atomic mass is 16.5. The third-order valence-corrected chi connectivity index (χ3v) is 4.73. The number of aliphatic hydroxyl groups excluding tert-OH is 1. The van der Waals surface area contributed by atoms with E-state index in [-0.39, 0.29) is 12.6 Å². The van der Waals surface area contributed by atoms with E-state index >= 15 is 0 Å². The Bertz CT molecular complexity index is 823. The van der Waals surface area contributed by atoms with E-state index in [1.807, 2.05) is 18.2 Å². The summed E-state index contributed by atoms with van der Waals surface area (Å²) in [6.45, 7) is 5.98. The maximum Gasteiger partial charge on any atom is 0.237 e. The van der Waals surface area contributed by atoms with Gasteiger partial charge in [-0.3, -0.25) is 9.88 Å². The van der Waals surface area contributed by atoms with Gasteiger partial charge in [0.05, 0.1) is 12.8 Å². The van der Waals surface area contributed by atoms with Gasteiger partial charge < -0.3 is 9.84 Å². The molecule has 1 aromatic heterocycles. The number of aliphatic hydroxyl groups is 1. The van der Waals surface area contributed by atoms with Crippen molar-refractivity contribution in [3.8, 4) is 11.6 Å². The lowest BCUT2D eigenvalue weighted by Crippen LogP contribution is -2.40. The molecule has 0 aliphatic rings. The van der Waals surface area contributed by atoms with Gasteiger partial charge in [-0.05, 0) is 29.2 Å². The molecule has 1 heterocycles. The highest BCUT2D eigenvalue weighted by molar-refractivity contribution is 5.30. The zero-order valence-electron chi connectivity index (χ0n) is 16.4. The largest absolute Gasteiger partial charge is 0.438 e. The topological polar surface area (TPSA) is 58.5 Å². The maximum atomic E-state index is 9.96. The standard InChI is InChI=1S/C23H27N3O2/c1-18(2)22(17-27)26(15-19-6-4-3-5-7-19)16-20-8-10-21(11-9-20)28-23-14-24-12-13-25-23/h3-14,18,22,27H,15-17H2,1-2H3. The number of rotatable bonds is 9. The normalized spacial score (nSPS) is 12.3. The summed E-state index contributed by atoms with van der Waals surface area (Å²) in [7, 11) is 0. The van der Waals surface area contributed by atoms with Crippen LogP contribution in [0.4, 0.5) is 0 Å². The van der Waals surface area contributed by atoms with Crippen molar-refractivity contribution in [3.05, 3.63) is 84.3 Å². The van der Waals surface area contributed by atoms with Crippen molar-refractivity contribution in [3.63, 3.8) is 0 Å². The summed E-state index contributed by atoms with van der Waals surface area (Å²) >= 11 is 0. The number of benzene rings is 2. The van der Waals surface area contributed by atoms with E-state index < -0.39 is 0 Å². The number of aromatic nitrogens is 2. The fourth-order valence-corrected chi connectivity index (χ4v) is 3.21. The van der Waals surface area contributed by atoms with E-state index in [1.54, 1.807) is 18.6 Å². The van der Waals surface area contributed by atoms with Gasteiger partial charge in [-0.25, -0.2) is 4.98 Å². The smallest absolute Gasteiger partial charge is 0.237 e. The molecule has 0 amide bonds. The van der Waals surface area contributed by atoms with Crippen LogP contribution in [0, 0.1) is 5.92 Å². The fraction of sp³-hybridized carbons (Fsp3) is 0.304. The summed E-state index contributed by atoms with van der Waals surface area (Å²) in [6, 6.07) is 18.5. The van der Waals surface area contributed by atoms with Crippen molar-refractivity contribution in [1.82, 2.24) is 14.9 Å². The van der Waals surface area contributed by atoms with Gasteiger partial charge in [-0.2, -0.15) is 0 Å². The Kier molecular flexibility index (Phi) is 7.12. The molecule has 1 atom stereocenters. The number of ether oxygens (including phenoxy) is 1. The Labute approximate surface area is 166 Å². The second-order valence-electron chi connectivity index (χ2n) is 7.17. The predicted molar refractivity (Wildman–Crippen MR) is 110 cm³/mol. The fourth-order valence-electron chi connectivity index (χ4n) is 3.21. The first kappa shape index (κ1) is 20.0. The zero-order chi connectivity index (χ0) is 19.8. The molecule has 28 heavy (non-hydrogen) atoms. The highest BCUT2D eigenvalue weighted by Crippen LogP contribution is 2.22. The average molecular weight is 377 g/mol. The third-order valence-electron chi connectivity index (χ3n) is 4.73. The van der Waals surface area contributed by atoms with Gasteiger partial charge in [0, 0.05) is 31.5 Å². The van der Waals surface area contributed by atoms with Crippen molar-refractivity contribution in [2.45, 2.75) is 33.0 Å². The summed E-state index contributed by atoms with van der Waals surface area (Å²) in [5.41, 5.74) is 2.41. The highest BCUT2D eigenvalue weighted by Gasteiger charge is 2.21. The van der Waals surface area contributed by atoms with E-state index in [2.05, 4.69) is 65.1 Å². The molecule has 5 nitrogen and oxygen atoms in total. The molecular formula is C23H27N3O2. The molecule has 0 radical (unpaired) electrons. The second kappa shape index (κ2) is 9.97. The molecule has 1 unspecified atom stereocenters. The van der Waals surface area contributed by atoms with Crippen LogP contribution in [0.1, 0.15) is 25.0 Å². The first-order valence-corrected chi connectivity index (χ1v) is 9.57. The van der Waals surface area contributed by atoms with Crippen LogP contribution in [-0.4, -0.2) is 32.6 Å². The average Bonchev–Trinajstić information content (AvgIpc) is 2.71. The lowest BCUT2D eigenvalue weighted by atomic mass is 10.0. The van der Waals surface area contributed by atoms with Gasteiger partial charge in [-0.1, -0.05) is 56.3 Å². The molecule has 146 valence electrons. The summed E-state index contributed by atoms with van der Waals surface area (Å²) in [6.07, 6.45) is 4.81. The molecule has 0 bridgehead atoms. The van der Waals surface area contributed by atoms with Gasteiger partial charge in [0.1, 0.15) is 5.75 Å². The van der Waals surface area contributed by atoms with Gasteiger partial charge >= 0.3 is 0 Å². The number of hydrogen-bond donors (Lipinski definition) is 1. The molecule has 3 aromatic rings. The van der Waals surface area contributed by atoms with Crippen molar-refractivity contribution in [2.24, 2.45) is 5.92 Å². The zero-order valence-corrected chi connectivity index (χ0v) is 16.4. The summed E-state index contributed by atoms with van der Waals surface area (Å²) in [4.78, 5) is 10.5.